The number of rotatable bonds is 9. The third-order valence-corrected chi connectivity index (χ3v) is 11.8. The predicted molar refractivity (Wildman–Crippen MR) is 176 cm³/mol. The number of aliphatic carboxylic acids is 1. The average Bonchev–Trinajstić information content (AvgIpc) is 3.08. The van der Waals surface area contributed by atoms with Crippen LogP contribution in [0.25, 0.3) is 0 Å². The Morgan fingerprint density at radius 2 is 1.32 bits per heavy atom. The van der Waals surface area contributed by atoms with E-state index in [1.54, 1.807) is 13.8 Å². The number of β-lactam (4-membered cyclic amide) rings is 2. The molecule has 2 fully saturated rings. The van der Waals surface area contributed by atoms with Crippen molar-refractivity contribution in [2.45, 2.75) is 74.4 Å². The molecule has 0 aromatic heterocycles. The van der Waals surface area contributed by atoms with Gasteiger partial charge in [-0.1, -0.05) is 36.5 Å². The van der Waals surface area contributed by atoms with E-state index in [1.165, 1.54) is 33.3 Å². The molecule has 0 aromatic rings. The minimum absolute atomic E-state index is 0.0692. The Bertz CT molecular complexity index is 1640. The van der Waals surface area contributed by atoms with Crippen molar-refractivity contribution in [2.75, 3.05) is 11.5 Å². The highest BCUT2D eigenvalue weighted by molar-refractivity contribution is 8.00. The number of nitrogens with zero attached hydrogens (tertiary/aromatic N) is 2. The monoisotopic (exact) mass is 680 g/mol. The summed E-state index contributed by atoms with van der Waals surface area (Å²) < 4.78 is 0. The number of carbonyl (C=O) groups excluding carboxylic acids is 5. The third-order valence-electron chi connectivity index (χ3n) is 8.99. The quantitative estimate of drug-likeness (QED) is 0.172. The van der Waals surface area contributed by atoms with E-state index in [9.17, 15) is 33.9 Å². The standard InChI is InChI=1S/C32H36N6O7S2/c1-15-13-46-30-21(35-25(39)19(33)17-9-5-3-6-10-17)28(42)37(30)23(15)27(41)34-20(18-11-7-4-8-12-18)26(40)36-22-29(43)38-24(32(44)45)16(2)14-47-31(22)38/h3-5,7,10,12,19-22,30-31H,6,8-9,11,13-14,33H2,1-2H3,(H,34,41)(H,35,39)(H,36,40)(H,44,45)/t19-,20-,21-,22+,30-,31-/m1/s1. The zero-order valence-corrected chi connectivity index (χ0v) is 27.5. The molecule has 6 aliphatic rings. The van der Waals surface area contributed by atoms with Crippen LogP contribution in [0.3, 0.4) is 0 Å². The number of amides is 5. The van der Waals surface area contributed by atoms with Gasteiger partial charge in [-0.25, -0.2) is 4.79 Å². The molecular formula is C32H36N6O7S2. The second-order valence-electron chi connectivity index (χ2n) is 12.1. The summed E-state index contributed by atoms with van der Waals surface area (Å²) in [5, 5.41) is 16.9. The Labute approximate surface area is 279 Å². The molecule has 6 atom stereocenters. The summed E-state index contributed by atoms with van der Waals surface area (Å²) in [6.45, 7) is 3.40. The summed E-state index contributed by atoms with van der Waals surface area (Å²) in [7, 11) is 0. The summed E-state index contributed by atoms with van der Waals surface area (Å²) in [6.07, 6.45) is 13.7. The molecular weight excluding hydrogens is 645 g/mol. The van der Waals surface area contributed by atoms with Gasteiger partial charge in [0.05, 0.1) is 0 Å². The van der Waals surface area contributed by atoms with Crippen LogP contribution in [-0.2, 0) is 28.8 Å². The summed E-state index contributed by atoms with van der Waals surface area (Å²) in [5.74, 6) is -3.05. The maximum absolute atomic E-state index is 13.9. The lowest BCUT2D eigenvalue weighted by Gasteiger charge is -2.50. The molecule has 5 amide bonds. The van der Waals surface area contributed by atoms with Gasteiger partial charge in [0.15, 0.2) is 0 Å². The van der Waals surface area contributed by atoms with E-state index in [2.05, 4.69) is 16.0 Å². The number of hydrogen-bond donors (Lipinski definition) is 5. The minimum atomic E-state index is -1.20. The topological polar surface area (TPSA) is 191 Å². The number of carbonyl (C=O) groups is 6. The number of nitrogens with two attached hydrogens (primary N) is 1. The Hall–Kier alpha value is -4.08. The summed E-state index contributed by atoms with van der Waals surface area (Å²) >= 11 is 2.79. The fourth-order valence-electron chi connectivity index (χ4n) is 6.47. The lowest BCUT2D eigenvalue weighted by atomic mass is 9.95. The first-order valence-corrected chi connectivity index (χ1v) is 17.5. The second-order valence-corrected chi connectivity index (χ2v) is 14.3. The molecule has 2 aliphatic carbocycles. The largest absolute Gasteiger partial charge is 0.477 e. The van der Waals surface area contributed by atoms with Crippen molar-refractivity contribution >= 4 is 59.0 Å². The first kappa shape index (κ1) is 32.8. The van der Waals surface area contributed by atoms with Crippen LogP contribution in [0, 0.1) is 0 Å². The van der Waals surface area contributed by atoms with E-state index >= 15 is 0 Å². The molecule has 13 nitrogen and oxygen atoms in total. The molecule has 0 unspecified atom stereocenters. The number of carboxylic acids is 1. The Morgan fingerprint density at radius 3 is 1.85 bits per heavy atom. The molecule has 4 aliphatic heterocycles. The van der Waals surface area contributed by atoms with Gasteiger partial charge < -0.3 is 26.8 Å². The second kappa shape index (κ2) is 13.2. The molecule has 0 saturated carbocycles. The zero-order valence-electron chi connectivity index (χ0n) is 25.9. The van der Waals surface area contributed by atoms with Gasteiger partial charge in [0, 0.05) is 11.5 Å². The van der Waals surface area contributed by atoms with Crippen LogP contribution >= 0.6 is 23.5 Å². The number of thioether (sulfide) groups is 2. The maximum atomic E-state index is 13.9. The molecule has 0 radical (unpaired) electrons. The van der Waals surface area contributed by atoms with Gasteiger partial charge in [-0.2, -0.15) is 0 Å². The molecule has 4 heterocycles. The van der Waals surface area contributed by atoms with Crippen LogP contribution < -0.4 is 21.7 Å². The number of fused-ring (bicyclic) bond motifs is 2. The number of carboxylic acid groups (broad SMARTS) is 1. The van der Waals surface area contributed by atoms with Crippen molar-refractivity contribution in [3.63, 3.8) is 0 Å². The van der Waals surface area contributed by atoms with Crippen LogP contribution in [-0.4, -0.2) is 96.8 Å². The lowest BCUT2D eigenvalue weighted by Crippen LogP contribution is -2.72. The first-order valence-electron chi connectivity index (χ1n) is 15.4. The highest BCUT2D eigenvalue weighted by Gasteiger charge is 2.56. The van der Waals surface area contributed by atoms with Gasteiger partial charge in [0.25, 0.3) is 17.7 Å². The van der Waals surface area contributed by atoms with Gasteiger partial charge in [-0.05, 0) is 61.8 Å². The Kier molecular flexibility index (Phi) is 9.23. The minimum Gasteiger partial charge on any atom is -0.477 e. The molecule has 2 saturated heterocycles. The zero-order chi connectivity index (χ0) is 33.6. The van der Waals surface area contributed by atoms with Crippen LogP contribution in [0.5, 0.6) is 0 Å². The van der Waals surface area contributed by atoms with Crippen molar-refractivity contribution < 1.29 is 33.9 Å². The molecule has 248 valence electrons. The molecule has 47 heavy (non-hydrogen) atoms. The van der Waals surface area contributed by atoms with E-state index < -0.39 is 70.4 Å². The van der Waals surface area contributed by atoms with Gasteiger partial charge >= 0.3 is 5.97 Å². The van der Waals surface area contributed by atoms with E-state index in [4.69, 9.17) is 5.73 Å². The highest BCUT2D eigenvalue weighted by Crippen LogP contribution is 2.41. The summed E-state index contributed by atoms with van der Waals surface area (Å²) in [4.78, 5) is 81.4. The van der Waals surface area contributed by atoms with Crippen molar-refractivity contribution in [3.05, 3.63) is 70.1 Å². The maximum Gasteiger partial charge on any atom is 0.352 e. The molecule has 0 bridgehead atoms. The van der Waals surface area contributed by atoms with Crippen LogP contribution in [0.1, 0.15) is 39.5 Å². The summed E-state index contributed by atoms with van der Waals surface area (Å²) in [6, 6.07) is -3.84. The van der Waals surface area contributed by atoms with E-state index in [1.807, 2.05) is 36.5 Å². The van der Waals surface area contributed by atoms with Gasteiger partial charge in [0.2, 0.25) is 11.8 Å². The molecule has 6 N–H and O–H groups in total. The smallest absolute Gasteiger partial charge is 0.352 e. The van der Waals surface area contributed by atoms with Gasteiger partial charge in [-0.15, -0.1) is 23.5 Å². The fraction of sp³-hybridized carbons (Fsp3) is 0.438. The Morgan fingerprint density at radius 1 is 0.809 bits per heavy atom. The average molecular weight is 681 g/mol. The predicted octanol–water partition coefficient (Wildman–Crippen LogP) is 0.784. The lowest BCUT2D eigenvalue weighted by molar-refractivity contribution is -0.151. The van der Waals surface area contributed by atoms with Crippen molar-refractivity contribution in [2.24, 2.45) is 5.73 Å². The Balaban J connectivity index is 1.15. The van der Waals surface area contributed by atoms with Gasteiger partial charge in [0.1, 0.15) is 46.3 Å². The van der Waals surface area contributed by atoms with E-state index in [0.717, 1.165) is 5.57 Å². The van der Waals surface area contributed by atoms with Crippen molar-refractivity contribution in [1.29, 1.82) is 0 Å². The van der Waals surface area contributed by atoms with E-state index in [-0.39, 0.29) is 11.4 Å². The summed E-state index contributed by atoms with van der Waals surface area (Å²) in [5.41, 5.74) is 8.85. The number of allylic oxidation sites excluding steroid dienone is 6. The van der Waals surface area contributed by atoms with E-state index in [0.29, 0.717) is 53.9 Å². The van der Waals surface area contributed by atoms with Gasteiger partial charge in [-0.3, -0.25) is 33.8 Å². The SMILES string of the molecule is CC1=C(C(=O)N[C@@H](C(=O)N[C@H]2C(=O)N3C(C(=O)O)=C(C)CS[C@H]23)C2=CCC=CC2)N2C(=O)[C@@H](NC(=O)[C@H](N)C3=CCC=CC3)[C@H]2SC1. The van der Waals surface area contributed by atoms with Crippen molar-refractivity contribution in [3.8, 4) is 0 Å². The molecule has 6 rings (SSSR count). The van der Waals surface area contributed by atoms with Crippen LogP contribution in [0.2, 0.25) is 0 Å². The normalized spacial score (nSPS) is 27.8. The third kappa shape index (κ3) is 5.95. The number of hydrogen-bond acceptors (Lipinski definition) is 9. The number of nitrogens with one attached hydrogen (secondary N) is 3. The van der Waals surface area contributed by atoms with Crippen molar-refractivity contribution in [1.82, 2.24) is 25.8 Å². The molecule has 0 aromatic carbocycles. The van der Waals surface area contributed by atoms with Crippen LogP contribution in [0.4, 0.5) is 0 Å². The molecule has 15 heteroatoms. The highest BCUT2D eigenvalue weighted by atomic mass is 32.2. The molecule has 0 spiro atoms. The fourth-order valence-corrected chi connectivity index (χ4v) is 9.05. The first-order chi connectivity index (χ1) is 22.5. The van der Waals surface area contributed by atoms with Crippen LogP contribution in [0.15, 0.2) is 70.1 Å².